The minimum absolute atomic E-state index is 0.0265. The van der Waals surface area contributed by atoms with Crippen LogP contribution in [0.3, 0.4) is 0 Å². The summed E-state index contributed by atoms with van der Waals surface area (Å²) in [4.78, 5) is 23.1. The Hall–Kier alpha value is -1.26. The molecule has 0 aliphatic heterocycles. The average molecular weight is 302 g/mol. The van der Waals surface area contributed by atoms with E-state index >= 15 is 0 Å². The van der Waals surface area contributed by atoms with Gasteiger partial charge in [0.25, 0.3) is 0 Å². The SMILES string of the molecule is O=C(CC1(C(=O)O)CCC1)Nc1ccc(Cl)cc1Cl. The minimum Gasteiger partial charge on any atom is -0.481 e. The molecule has 1 fully saturated rings. The average Bonchev–Trinajstić information content (AvgIpc) is 2.27. The van der Waals surface area contributed by atoms with E-state index in [0.29, 0.717) is 28.6 Å². The molecular formula is C13H13Cl2NO3. The third kappa shape index (κ3) is 3.01. The van der Waals surface area contributed by atoms with Crippen LogP contribution in [-0.4, -0.2) is 17.0 Å². The quantitative estimate of drug-likeness (QED) is 0.893. The molecule has 1 aliphatic carbocycles. The molecule has 1 aromatic carbocycles. The lowest BCUT2D eigenvalue weighted by Crippen LogP contribution is -2.41. The van der Waals surface area contributed by atoms with E-state index < -0.39 is 11.4 Å². The Bertz CT molecular complexity index is 527. The lowest BCUT2D eigenvalue weighted by Gasteiger charge is -2.36. The highest BCUT2D eigenvalue weighted by atomic mass is 35.5. The van der Waals surface area contributed by atoms with Gasteiger partial charge in [-0.1, -0.05) is 29.6 Å². The maximum Gasteiger partial charge on any atom is 0.310 e. The standard InChI is InChI=1S/C13H13Cl2NO3/c14-8-2-3-10(9(15)6-8)16-11(17)7-13(12(18)19)4-1-5-13/h2-3,6H,1,4-5,7H2,(H,16,17)(H,18,19). The fraction of sp³-hybridized carbons (Fsp3) is 0.385. The van der Waals surface area contributed by atoms with Crippen molar-refractivity contribution < 1.29 is 14.7 Å². The first-order chi connectivity index (χ1) is 8.93. The van der Waals surface area contributed by atoms with Crippen molar-refractivity contribution in [3.05, 3.63) is 28.2 Å². The molecule has 1 aromatic rings. The molecule has 0 heterocycles. The van der Waals surface area contributed by atoms with Crippen molar-refractivity contribution in [1.29, 1.82) is 0 Å². The second-order valence-electron chi connectivity index (χ2n) is 4.79. The van der Waals surface area contributed by atoms with E-state index in [1.807, 2.05) is 0 Å². The van der Waals surface area contributed by atoms with Gasteiger partial charge < -0.3 is 10.4 Å². The summed E-state index contributed by atoms with van der Waals surface area (Å²) in [6.07, 6.45) is 1.91. The fourth-order valence-corrected chi connectivity index (χ4v) is 2.62. The van der Waals surface area contributed by atoms with Gasteiger partial charge in [0.15, 0.2) is 0 Å². The molecule has 4 nitrogen and oxygen atoms in total. The molecule has 1 amide bonds. The number of amides is 1. The summed E-state index contributed by atoms with van der Waals surface area (Å²) in [5.74, 6) is -1.25. The lowest BCUT2D eigenvalue weighted by atomic mass is 9.66. The van der Waals surface area contributed by atoms with Crippen LogP contribution in [0.25, 0.3) is 0 Å². The molecule has 0 unspecified atom stereocenters. The van der Waals surface area contributed by atoms with Crippen molar-refractivity contribution in [2.45, 2.75) is 25.7 Å². The number of carboxylic acid groups (broad SMARTS) is 1. The molecular weight excluding hydrogens is 289 g/mol. The minimum atomic E-state index is -0.906. The van der Waals surface area contributed by atoms with Crippen molar-refractivity contribution in [2.75, 3.05) is 5.32 Å². The molecule has 0 aromatic heterocycles. The van der Waals surface area contributed by atoms with Gasteiger partial charge in [-0.25, -0.2) is 0 Å². The van der Waals surface area contributed by atoms with Crippen molar-refractivity contribution in [3.63, 3.8) is 0 Å². The van der Waals surface area contributed by atoms with E-state index in [1.165, 1.54) is 6.07 Å². The van der Waals surface area contributed by atoms with Crippen LogP contribution in [0.5, 0.6) is 0 Å². The van der Waals surface area contributed by atoms with Crippen LogP contribution in [0.15, 0.2) is 18.2 Å². The molecule has 1 saturated carbocycles. The van der Waals surface area contributed by atoms with Crippen LogP contribution in [0, 0.1) is 5.41 Å². The van der Waals surface area contributed by atoms with Gasteiger partial charge in [0.05, 0.1) is 16.1 Å². The number of rotatable bonds is 4. The molecule has 0 saturated heterocycles. The molecule has 6 heteroatoms. The summed E-state index contributed by atoms with van der Waals surface area (Å²) in [6, 6.07) is 4.73. The Kier molecular flexibility index (Phi) is 4.02. The molecule has 19 heavy (non-hydrogen) atoms. The second kappa shape index (κ2) is 5.39. The first-order valence-electron chi connectivity index (χ1n) is 5.91. The number of halogens is 2. The summed E-state index contributed by atoms with van der Waals surface area (Å²) in [7, 11) is 0. The number of anilines is 1. The zero-order valence-electron chi connectivity index (χ0n) is 10.1. The monoisotopic (exact) mass is 301 g/mol. The summed E-state index contributed by atoms with van der Waals surface area (Å²) in [5, 5.41) is 12.6. The Morgan fingerprint density at radius 3 is 2.47 bits per heavy atom. The molecule has 0 spiro atoms. The van der Waals surface area contributed by atoms with Gasteiger partial charge in [-0.15, -0.1) is 0 Å². The number of aliphatic carboxylic acids is 1. The van der Waals surface area contributed by atoms with Crippen LogP contribution in [0.4, 0.5) is 5.69 Å². The molecule has 0 atom stereocenters. The second-order valence-corrected chi connectivity index (χ2v) is 5.63. The number of hydrogen-bond donors (Lipinski definition) is 2. The number of carboxylic acids is 1. The zero-order chi connectivity index (χ0) is 14.0. The largest absolute Gasteiger partial charge is 0.481 e. The third-order valence-corrected chi connectivity index (χ3v) is 4.02. The fourth-order valence-electron chi connectivity index (χ4n) is 2.16. The van der Waals surface area contributed by atoms with E-state index in [4.69, 9.17) is 28.3 Å². The van der Waals surface area contributed by atoms with Crippen LogP contribution < -0.4 is 5.32 Å². The van der Waals surface area contributed by atoms with Crippen molar-refractivity contribution >= 4 is 40.8 Å². The maximum atomic E-state index is 11.9. The molecule has 1 aliphatic rings. The summed E-state index contributed by atoms with van der Waals surface area (Å²) in [5.41, 5.74) is -0.459. The Morgan fingerprint density at radius 2 is 2.00 bits per heavy atom. The van der Waals surface area contributed by atoms with E-state index in [0.717, 1.165) is 6.42 Å². The zero-order valence-corrected chi connectivity index (χ0v) is 11.6. The predicted molar refractivity (Wildman–Crippen MR) is 73.6 cm³/mol. The number of benzene rings is 1. The molecule has 102 valence electrons. The third-order valence-electron chi connectivity index (χ3n) is 3.47. The van der Waals surface area contributed by atoms with E-state index in [-0.39, 0.29) is 12.3 Å². The van der Waals surface area contributed by atoms with Gasteiger partial charge in [-0.05, 0) is 31.0 Å². The maximum absolute atomic E-state index is 11.9. The van der Waals surface area contributed by atoms with Gasteiger partial charge in [0.1, 0.15) is 0 Å². The van der Waals surface area contributed by atoms with Gasteiger partial charge in [0, 0.05) is 11.4 Å². The van der Waals surface area contributed by atoms with E-state index in [9.17, 15) is 9.59 Å². The van der Waals surface area contributed by atoms with Crippen LogP contribution >= 0.6 is 23.2 Å². The van der Waals surface area contributed by atoms with Crippen molar-refractivity contribution in [3.8, 4) is 0 Å². The van der Waals surface area contributed by atoms with Crippen LogP contribution in [-0.2, 0) is 9.59 Å². The van der Waals surface area contributed by atoms with Gasteiger partial charge in [-0.2, -0.15) is 0 Å². The van der Waals surface area contributed by atoms with Crippen LogP contribution in [0.1, 0.15) is 25.7 Å². The highest BCUT2D eigenvalue weighted by Crippen LogP contribution is 2.44. The van der Waals surface area contributed by atoms with Gasteiger partial charge in [-0.3, -0.25) is 9.59 Å². The number of carbonyl (C=O) groups is 2. The van der Waals surface area contributed by atoms with Crippen molar-refractivity contribution in [1.82, 2.24) is 0 Å². The lowest BCUT2D eigenvalue weighted by molar-refractivity contribution is -0.157. The molecule has 0 bridgehead atoms. The van der Waals surface area contributed by atoms with E-state index in [1.54, 1.807) is 12.1 Å². The number of hydrogen-bond acceptors (Lipinski definition) is 2. The van der Waals surface area contributed by atoms with Crippen LogP contribution in [0.2, 0.25) is 10.0 Å². The summed E-state index contributed by atoms with van der Waals surface area (Å²) in [6.45, 7) is 0. The van der Waals surface area contributed by atoms with Gasteiger partial charge in [0.2, 0.25) is 5.91 Å². The normalized spacial score (nSPS) is 16.5. The Morgan fingerprint density at radius 1 is 1.32 bits per heavy atom. The molecule has 0 radical (unpaired) electrons. The predicted octanol–water partition coefficient (Wildman–Crippen LogP) is 3.58. The first-order valence-corrected chi connectivity index (χ1v) is 6.67. The smallest absolute Gasteiger partial charge is 0.310 e. The van der Waals surface area contributed by atoms with Crippen molar-refractivity contribution in [2.24, 2.45) is 5.41 Å². The summed E-state index contributed by atoms with van der Waals surface area (Å²) < 4.78 is 0. The number of nitrogens with one attached hydrogen (secondary N) is 1. The highest BCUT2D eigenvalue weighted by molar-refractivity contribution is 6.36. The molecule has 2 N–H and O–H groups in total. The topological polar surface area (TPSA) is 66.4 Å². The Labute approximate surface area is 120 Å². The first kappa shape index (κ1) is 14.2. The summed E-state index contributed by atoms with van der Waals surface area (Å²) >= 11 is 11.7. The Balaban J connectivity index is 2.03. The van der Waals surface area contributed by atoms with E-state index in [2.05, 4.69) is 5.32 Å². The number of carbonyl (C=O) groups excluding carboxylic acids is 1. The molecule has 2 rings (SSSR count). The van der Waals surface area contributed by atoms with Gasteiger partial charge >= 0.3 is 5.97 Å². The highest BCUT2D eigenvalue weighted by Gasteiger charge is 2.45.